The molecule has 0 unspecified atom stereocenters. The molecule has 0 radical (unpaired) electrons. The van der Waals surface area contributed by atoms with Crippen LogP contribution >= 0.6 is 0 Å². The highest BCUT2D eigenvalue weighted by atomic mass is 16.4. The molecular weight excluding hydrogens is 234 g/mol. The number of aromatic carboxylic acids is 1. The second kappa shape index (κ2) is 4.64. The van der Waals surface area contributed by atoms with Crippen molar-refractivity contribution in [1.82, 2.24) is 14.8 Å². The molecule has 0 saturated heterocycles. The number of fused-ring (bicyclic) bond motifs is 1. The fourth-order valence-corrected chi connectivity index (χ4v) is 2.12. The molecule has 0 bridgehead atoms. The average molecular weight is 249 g/mol. The van der Waals surface area contributed by atoms with E-state index >= 15 is 0 Å². The Kier molecular flexibility index (Phi) is 3.18. The van der Waals surface area contributed by atoms with E-state index in [0.717, 1.165) is 11.1 Å². The molecule has 96 valence electrons. The van der Waals surface area contributed by atoms with E-state index in [9.17, 15) is 9.59 Å². The molecule has 6 heteroatoms. The molecule has 0 spiro atoms. The van der Waals surface area contributed by atoms with Crippen LogP contribution in [0.25, 0.3) is 0 Å². The molecule has 2 rings (SSSR count). The van der Waals surface area contributed by atoms with E-state index in [1.807, 2.05) is 0 Å². The van der Waals surface area contributed by atoms with Crippen molar-refractivity contribution in [2.24, 2.45) is 0 Å². The van der Waals surface area contributed by atoms with Gasteiger partial charge in [-0.2, -0.15) is 0 Å². The molecule has 2 heterocycles. The maximum atomic E-state index is 11.8. The number of carbonyl (C=O) groups is 2. The Morgan fingerprint density at radius 3 is 2.72 bits per heavy atom. The van der Waals surface area contributed by atoms with Crippen LogP contribution in [0.15, 0.2) is 12.4 Å². The third kappa shape index (κ3) is 2.13. The maximum Gasteiger partial charge on any atom is 0.337 e. The van der Waals surface area contributed by atoms with Gasteiger partial charge in [-0.1, -0.05) is 0 Å². The van der Waals surface area contributed by atoms with Gasteiger partial charge in [0.2, 0.25) is 0 Å². The largest absolute Gasteiger partial charge is 0.478 e. The highest BCUT2D eigenvalue weighted by molar-refractivity contribution is 5.89. The number of carboxylic acids is 1. The first-order valence-electron chi connectivity index (χ1n) is 5.66. The van der Waals surface area contributed by atoms with Gasteiger partial charge in [0.1, 0.15) is 0 Å². The average Bonchev–Trinajstić information content (AvgIpc) is 2.36. The molecule has 1 aliphatic heterocycles. The van der Waals surface area contributed by atoms with Crippen molar-refractivity contribution in [3.05, 3.63) is 29.1 Å². The summed E-state index contributed by atoms with van der Waals surface area (Å²) in [6.45, 7) is 0.953. The highest BCUT2D eigenvalue weighted by Gasteiger charge is 2.25. The summed E-state index contributed by atoms with van der Waals surface area (Å²) in [7, 11) is 3.40. The zero-order valence-electron chi connectivity index (χ0n) is 10.4. The van der Waals surface area contributed by atoms with Crippen LogP contribution in [0.5, 0.6) is 0 Å². The van der Waals surface area contributed by atoms with Gasteiger partial charge >= 0.3 is 12.0 Å². The molecule has 2 amide bonds. The predicted octanol–water partition coefficient (Wildman–Crippen LogP) is 0.820. The summed E-state index contributed by atoms with van der Waals surface area (Å²) in [6.07, 6.45) is 3.56. The van der Waals surface area contributed by atoms with Crippen molar-refractivity contribution in [2.75, 3.05) is 20.6 Å². The summed E-state index contributed by atoms with van der Waals surface area (Å²) in [4.78, 5) is 30.0. The van der Waals surface area contributed by atoms with E-state index in [4.69, 9.17) is 5.11 Å². The smallest absolute Gasteiger partial charge is 0.337 e. The van der Waals surface area contributed by atoms with Gasteiger partial charge in [-0.3, -0.25) is 4.98 Å². The minimum absolute atomic E-state index is 0.0682. The minimum atomic E-state index is -0.966. The summed E-state index contributed by atoms with van der Waals surface area (Å²) in [6, 6.07) is -0.0682. The van der Waals surface area contributed by atoms with Gasteiger partial charge in [-0.15, -0.1) is 0 Å². The van der Waals surface area contributed by atoms with Crippen LogP contribution in [0.2, 0.25) is 0 Å². The Balaban J connectivity index is 2.28. The predicted molar refractivity (Wildman–Crippen MR) is 64.4 cm³/mol. The summed E-state index contributed by atoms with van der Waals surface area (Å²) >= 11 is 0. The monoisotopic (exact) mass is 249 g/mol. The van der Waals surface area contributed by atoms with E-state index in [1.165, 1.54) is 11.1 Å². The van der Waals surface area contributed by atoms with Crippen LogP contribution in [-0.4, -0.2) is 52.5 Å². The van der Waals surface area contributed by atoms with Crippen molar-refractivity contribution in [3.8, 4) is 0 Å². The zero-order chi connectivity index (χ0) is 13.3. The number of hydrogen-bond acceptors (Lipinski definition) is 3. The number of carbonyl (C=O) groups excluding carboxylic acids is 1. The van der Waals surface area contributed by atoms with Crippen molar-refractivity contribution in [3.63, 3.8) is 0 Å². The molecule has 1 aromatic rings. The number of carboxylic acid groups (broad SMARTS) is 1. The SMILES string of the molecule is CN(C)C(=O)N1CCc2c(cncc2C(=O)O)C1. The quantitative estimate of drug-likeness (QED) is 0.799. The van der Waals surface area contributed by atoms with Gasteiger partial charge in [0.15, 0.2) is 0 Å². The second-order valence-electron chi connectivity index (χ2n) is 4.48. The second-order valence-corrected chi connectivity index (χ2v) is 4.48. The maximum absolute atomic E-state index is 11.8. The van der Waals surface area contributed by atoms with Crippen molar-refractivity contribution >= 4 is 12.0 Å². The summed E-state index contributed by atoms with van der Waals surface area (Å²) < 4.78 is 0. The summed E-state index contributed by atoms with van der Waals surface area (Å²) in [5.41, 5.74) is 1.85. The molecule has 0 fully saturated rings. The first-order valence-corrected chi connectivity index (χ1v) is 5.66. The molecule has 0 atom stereocenters. The van der Waals surface area contributed by atoms with Gasteiger partial charge < -0.3 is 14.9 Å². The van der Waals surface area contributed by atoms with E-state index in [-0.39, 0.29) is 11.6 Å². The lowest BCUT2D eigenvalue weighted by molar-refractivity contribution is 0.0694. The Hall–Kier alpha value is -2.11. The van der Waals surface area contributed by atoms with Crippen LogP contribution < -0.4 is 0 Å². The van der Waals surface area contributed by atoms with Crippen LogP contribution in [0.4, 0.5) is 4.79 Å². The number of rotatable bonds is 1. The molecule has 0 aliphatic carbocycles. The van der Waals surface area contributed by atoms with Crippen molar-refractivity contribution in [1.29, 1.82) is 0 Å². The van der Waals surface area contributed by atoms with E-state index in [2.05, 4.69) is 4.98 Å². The van der Waals surface area contributed by atoms with Crippen molar-refractivity contribution in [2.45, 2.75) is 13.0 Å². The van der Waals surface area contributed by atoms with Crippen LogP contribution in [0, 0.1) is 0 Å². The molecule has 6 nitrogen and oxygen atoms in total. The molecule has 0 saturated carbocycles. The van der Waals surface area contributed by atoms with Gasteiger partial charge in [0, 0.05) is 39.6 Å². The standard InChI is InChI=1S/C12H15N3O3/c1-14(2)12(18)15-4-3-9-8(7-15)5-13-6-10(9)11(16)17/h5-6H,3-4,7H2,1-2H3,(H,16,17). The first kappa shape index (κ1) is 12.3. The fourth-order valence-electron chi connectivity index (χ4n) is 2.12. The topological polar surface area (TPSA) is 73.7 Å². The zero-order valence-corrected chi connectivity index (χ0v) is 10.4. The third-order valence-corrected chi connectivity index (χ3v) is 3.02. The number of nitrogens with zero attached hydrogens (tertiary/aromatic N) is 3. The lowest BCUT2D eigenvalue weighted by atomic mass is 9.97. The minimum Gasteiger partial charge on any atom is -0.478 e. The van der Waals surface area contributed by atoms with Crippen LogP contribution in [0.1, 0.15) is 21.5 Å². The molecule has 1 aliphatic rings. The van der Waals surface area contributed by atoms with Crippen LogP contribution in [-0.2, 0) is 13.0 Å². The Morgan fingerprint density at radius 2 is 2.11 bits per heavy atom. The van der Waals surface area contributed by atoms with Crippen LogP contribution in [0.3, 0.4) is 0 Å². The highest BCUT2D eigenvalue weighted by Crippen LogP contribution is 2.22. The fraction of sp³-hybridized carbons (Fsp3) is 0.417. The van der Waals surface area contributed by atoms with Gasteiger partial charge in [0.25, 0.3) is 0 Å². The summed E-state index contributed by atoms with van der Waals surface area (Å²) in [5, 5.41) is 9.08. The lowest BCUT2D eigenvalue weighted by Crippen LogP contribution is -2.42. The molecular formula is C12H15N3O3. The number of aromatic nitrogens is 1. The lowest BCUT2D eigenvalue weighted by Gasteiger charge is -2.31. The Labute approximate surface area is 105 Å². The first-order chi connectivity index (χ1) is 8.50. The van der Waals surface area contributed by atoms with E-state index < -0.39 is 5.97 Å². The Bertz CT molecular complexity index is 499. The van der Waals surface area contributed by atoms with Crippen molar-refractivity contribution < 1.29 is 14.7 Å². The van der Waals surface area contributed by atoms with E-state index in [0.29, 0.717) is 19.5 Å². The molecule has 1 N–H and O–H groups in total. The normalized spacial score (nSPS) is 14.0. The molecule has 0 aromatic carbocycles. The van der Waals surface area contributed by atoms with Gasteiger partial charge in [-0.25, -0.2) is 9.59 Å². The molecule has 18 heavy (non-hydrogen) atoms. The van der Waals surface area contributed by atoms with Gasteiger partial charge in [0.05, 0.1) is 5.56 Å². The Morgan fingerprint density at radius 1 is 1.39 bits per heavy atom. The molecule has 1 aromatic heterocycles. The number of amides is 2. The van der Waals surface area contributed by atoms with Gasteiger partial charge in [-0.05, 0) is 17.5 Å². The third-order valence-electron chi connectivity index (χ3n) is 3.02. The number of urea groups is 1. The van der Waals surface area contributed by atoms with E-state index in [1.54, 1.807) is 25.2 Å². The summed E-state index contributed by atoms with van der Waals surface area (Å²) in [5.74, 6) is -0.966. The number of hydrogen-bond donors (Lipinski definition) is 1. The number of pyridine rings is 1.